The van der Waals surface area contributed by atoms with Gasteiger partial charge in [-0.05, 0) is 30.3 Å². The highest BCUT2D eigenvalue weighted by Crippen LogP contribution is 2.25. The minimum absolute atomic E-state index is 0.0687. The number of hydrogen-bond donors (Lipinski definition) is 1. The van der Waals surface area contributed by atoms with Crippen LogP contribution in [0.4, 0.5) is 5.69 Å². The van der Waals surface area contributed by atoms with Crippen LogP contribution < -0.4 is 5.06 Å². The maximum absolute atomic E-state index is 9.08. The molecule has 84 valence electrons. The van der Waals surface area contributed by atoms with E-state index in [1.807, 2.05) is 31.9 Å². The Balaban J connectivity index is 3.00. The van der Waals surface area contributed by atoms with E-state index in [4.69, 9.17) is 9.73 Å². The molecule has 1 aromatic carbocycles. The lowest BCUT2D eigenvalue weighted by molar-refractivity contribution is 0.281. The molecule has 0 spiro atoms. The Labute approximate surface area is 92.9 Å². The van der Waals surface area contributed by atoms with E-state index < -0.39 is 0 Å². The van der Waals surface area contributed by atoms with Crippen LogP contribution in [0.15, 0.2) is 18.2 Å². The van der Waals surface area contributed by atoms with Crippen LogP contribution in [-0.4, -0.2) is 18.8 Å². The highest BCUT2D eigenvalue weighted by Gasteiger charge is 2.07. The molecule has 0 saturated carbocycles. The highest BCUT2D eigenvalue weighted by molar-refractivity contribution is 7.31. The summed E-state index contributed by atoms with van der Waals surface area (Å²) in [6.07, 6.45) is 0.960. The zero-order valence-electron chi connectivity index (χ0n) is 9.45. The Morgan fingerprint density at radius 3 is 2.73 bits per heavy atom. The van der Waals surface area contributed by atoms with Crippen LogP contribution in [0.2, 0.25) is 0 Å². The number of nitrogens with zero attached hydrogens (tertiary/aromatic N) is 1. The molecule has 1 atom stereocenters. The summed E-state index contributed by atoms with van der Waals surface area (Å²) in [5.74, 6) is 0. The zero-order valence-corrected chi connectivity index (χ0v) is 10.4. The fourth-order valence-corrected chi connectivity index (χ4v) is 1.86. The van der Waals surface area contributed by atoms with Crippen molar-refractivity contribution in [3.8, 4) is 0 Å². The van der Waals surface area contributed by atoms with Gasteiger partial charge in [-0.3, -0.25) is 9.69 Å². The predicted molar refractivity (Wildman–Crippen MR) is 65.5 cm³/mol. The van der Waals surface area contributed by atoms with Crippen molar-refractivity contribution in [1.82, 2.24) is 0 Å². The molecule has 1 N–H and O–H groups in total. The van der Waals surface area contributed by atoms with Crippen molar-refractivity contribution in [3.05, 3.63) is 29.3 Å². The molecule has 0 bridgehead atoms. The average Bonchev–Trinajstić information content (AvgIpc) is 2.28. The molecule has 15 heavy (non-hydrogen) atoms. The lowest BCUT2D eigenvalue weighted by atomic mass is 10.1. The van der Waals surface area contributed by atoms with Crippen molar-refractivity contribution in [3.63, 3.8) is 0 Å². The lowest BCUT2D eigenvalue weighted by Crippen LogP contribution is -2.15. The Kier molecular flexibility index (Phi) is 5.03. The smallest absolute Gasteiger partial charge is 0.0682 e. The third-order valence-corrected chi connectivity index (χ3v) is 2.74. The van der Waals surface area contributed by atoms with Gasteiger partial charge in [-0.25, -0.2) is 0 Å². The molecule has 0 amide bonds. The minimum atomic E-state index is 0.0687. The molecule has 0 fully saturated rings. The molecule has 0 aliphatic carbocycles. The summed E-state index contributed by atoms with van der Waals surface area (Å²) < 4.78 is 5.45. The van der Waals surface area contributed by atoms with Crippen LogP contribution >= 0.6 is 8.81 Å². The van der Waals surface area contributed by atoms with E-state index >= 15 is 0 Å². The van der Waals surface area contributed by atoms with Crippen LogP contribution in [0.1, 0.15) is 18.1 Å². The first kappa shape index (κ1) is 12.4. The molecule has 0 aliphatic heterocycles. The van der Waals surface area contributed by atoms with Gasteiger partial charge in [0.1, 0.15) is 0 Å². The van der Waals surface area contributed by atoms with Gasteiger partial charge >= 0.3 is 0 Å². The predicted octanol–water partition coefficient (Wildman–Crippen LogP) is 2.33. The first-order valence-corrected chi connectivity index (χ1v) is 6.43. The summed E-state index contributed by atoms with van der Waals surface area (Å²) >= 11 is 0. The third kappa shape index (κ3) is 3.16. The van der Waals surface area contributed by atoms with Gasteiger partial charge in [-0.2, -0.15) is 0 Å². The van der Waals surface area contributed by atoms with Gasteiger partial charge in [0, 0.05) is 15.9 Å². The fourth-order valence-electron chi connectivity index (χ4n) is 1.49. The van der Waals surface area contributed by atoms with E-state index in [1.54, 1.807) is 5.06 Å². The number of rotatable bonds is 5. The number of aliphatic hydroxyl groups is 1. The van der Waals surface area contributed by atoms with Gasteiger partial charge in [0.25, 0.3) is 0 Å². The van der Waals surface area contributed by atoms with Crippen molar-refractivity contribution in [2.75, 3.05) is 18.8 Å². The second-order valence-electron chi connectivity index (χ2n) is 3.27. The Hall–Kier alpha value is -0.630. The van der Waals surface area contributed by atoms with E-state index in [0.717, 1.165) is 17.7 Å². The van der Waals surface area contributed by atoms with E-state index in [1.165, 1.54) is 5.56 Å². The molecule has 3 nitrogen and oxygen atoms in total. The number of anilines is 1. The number of aryl methyl sites for hydroxylation is 1. The Bertz CT molecular complexity index is 317. The van der Waals surface area contributed by atoms with Crippen molar-refractivity contribution < 1.29 is 9.73 Å². The molecule has 4 heteroatoms. The molecule has 1 aromatic rings. The van der Waals surface area contributed by atoms with Crippen LogP contribution in [0, 0.1) is 0 Å². The van der Waals surface area contributed by atoms with Crippen LogP contribution in [0.3, 0.4) is 0 Å². The Morgan fingerprint density at radius 1 is 1.47 bits per heavy atom. The molecule has 0 radical (unpaired) electrons. The molecule has 1 unspecified atom stereocenters. The second-order valence-corrected chi connectivity index (χ2v) is 3.86. The number of aliphatic hydroxyl groups excluding tert-OH is 1. The first-order valence-electron chi connectivity index (χ1n) is 5.03. The maximum Gasteiger partial charge on any atom is 0.0682 e. The fraction of sp³-hybridized carbons (Fsp3) is 0.455. The summed E-state index contributed by atoms with van der Waals surface area (Å²) in [6.45, 7) is 4.16. The van der Waals surface area contributed by atoms with E-state index in [2.05, 4.69) is 6.92 Å². The molecule has 0 aliphatic rings. The van der Waals surface area contributed by atoms with Gasteiger partial charge in [0.15, 0.2) is 0 Å². The lowest BCUT2D eigenvalue weighted by Gasteiger charge is -2.21. The number of hydrogen-bond acceptors (Lipinski definition) is 3. The molecule has 0 aromatic heterocycles. The normalized spacial score (nSPS) is 11.2. The molecule has 1 rings (SSSR count). The molecule has 0 saturated heterocycles. The monoisotopic (exact) mass is 227 g/mol. The first-order chi connectivity index (χ1) is 7.22. The van der Waals surface area contributed by atoms with Gasteiger partial charge < -0.3 is 5.11 Å². The van der Waals surface area contributed by atoms with Crippen molar-refractivity contribution in [2.45, 2.75) is 20.0 Å². The summed E-state index contributed by atoms with van der Waals surface area (Å²) in [6, 6.07) is 5.96. The summed E-state index contributed by atoms with van der Waals surface area (Å²) in [5, 5.41) is 10.9. The van der Waals surface area contributed by atoms with Gasteiger partial charge in [-0.15, -0.1) is 0 Å². The quantitative estimate of drug-likeness (QED) is 0.619. The summed E-state index contributed by atoms with van der Waals surface area (Å²) in [4.78, 5) is 0. The SMILES string of the molecule is CCc1ccc(CO)cc1N(C)OPC. The summed E-state index contributed by atoms with van der Waals surface area (Å²) in [5.41, 5.74) is 3.18. The molecular weight excluding hydrogens is 209 g/mol. The number of hydroxylamine groups is 1. The topological polar surface area (TPSA) is 32.7 Å². The van der Waals surface area contributed by atoms with Gasteiger partial charge in [0.05, 0.1) is 12.3 Å². The molecule has 0 heterocycles. The maximum atomic E-state index is 9.08. The van der Waals surface area contributed by atoms with Crippen LogP contribution in [-0.2, 0) is 17.7 Å². The highest BCUT2D eigenvalue weighted by atomic mass is 31.1. The van der Waals surface area contributed by atoms with E-state index in [0.29, 0.717) is 8.81 Å². The standard InChI is InChI=1S/C11H18NO2P/c1-4-10-6-5-9(8-13)7-11(10)12(2)14-15-3/h5-7,13,15H,4,8H2,1-3H3. The van der Waals surface area contributed by atoms with Gasteiger partial charge in [0.2, 0.25) is 0 Å². The minimum Gasteiger partial charge on any atom is -0.392 e. The second kappa shape index (κ2) is 6.06. The van der Waals surface area contributed by atoms with Crippen molar-refractivity contribution in [1.29, 1.82) is 0 Å². The third-order valence-electron chi connectivity index (χ3n) is 2.28. The average molecular weight is 227 g/mol. The van der Waals surface area contributed by atoms with Gasteiger partial charge in [-0.1, -0.05) is 19.1 Å². The molecular formula is C11H18NO2P. The van der Waals surface area contributed by atoms with Crippen LogP contribution in [0.25, 0.3) is 0 Å². The number of benzene rings is 1. The zero-order chi connectivity index (χ0) is 11.3. The largest absolute Gasteiger partial charge is 0.392 e. The van der Waals surface area contributed by atoms with Crippen molar-refractivity contribution in [2.24, 2.45) is 0 Å². The van der Waals surface area contributed by atoms with E-state index in [9.17, 15) is 0 Å². The summed E-state index contributed by atoms with van der Waals surface area (Å²) in [7, 11) is 2.32. The van der Waals surface area contributed by atoms with E-state index in [-0.39, 0.29) is 6.61 Å². The van der Waals surface area contributed by atoms with Crippen LogP contribution in [0.5, 0.6) is 0 Å². The Morgan fingerprint density at radius 2 is 2.20 bits per heavy atom. The van der Waals surface area contributed by atoms with Crippen molar-refractivity contribution >= 4 is 14.5 Å².